The molecule has 96 valence electrons. The van der Waals surface area contributed by atoms with Crippen LogP contribution in [0, 0.1) is 0 Å². The van der Waals surface area contributed by atoms with Gasteiger partial charge in [-0.05, 0) is 45.0 Å². The first-order chi connectivity index (χ1) is 7.90. The maximum absolute atomic E-state index is 9.72. The molecule has 3 nitrogen and oxygen atoms in total. The molecule has 0 aliphatic heterocycles. The lowest BCUT2D eigenvalue weighted by Gasteiger charge is -2.34. The fourth-order valence-corrected chi connectivity index (χ4v) is 1.59. The molecule has 1 N–H and O–H groups in total. The normalized spacial score (nSPS) is 11.9. The first-order valence-electron chi connectivity index (χ1n) is 5.98. The van der Waals surface area contributed by atoms with Gasteiger partial charge in [0.1, 0.15) is 0 Å². The summed E-state index contributed by atoms with van der Waals surface area (Å²) in [5.41, 5.74) is 1.25. The van der Waals surface area contributed by atoms with E-state index in [0.717, 1.165) is 18.5 Å². The Morgan fingerprint density at radius 3 is 2.47 bits per heavy atom. The van der Waals surface area contributed by atoms with Crippen LogP contribution in [0.25, 0.3) is 0 Å². The van der Waals surface area contributed by atoms with Crippen molar-refractivity contribution in [2.75, 3.05) is 14.2 Å². The van der Waals surface area contributed by atoms with E-state index in [9.17, 15) is 5.11 Å². The van der Waals surface area contributed by atoms with Crippen LogP contribution in [0.2, 0.25) is 0 Å². The Morgan fingerprint density at radius 2 is 2.00 bits per heavy atom. The second kappa shape index (κ2) is 5.41. The van der Waals surface area contributed by atoms with Gasteiger partial charge in [-0.2, -0.15) is 0 Å². The van der Waals surface area contributed by atoms with Crippen molar-refractivity contribution in [2.24, 2.45) is 0 Å². The molecule has 1 aromatic rings. The SMILES string of the molecule is CCC(C)(C)N(C)Cc1ccc(OC)c(O)c1. The Hall–Kier alpha value is -1.22. The minimum atomic E-state index is 0.162. The average Bonchev–Trinajstić information content (AvgIpc) is 2.29. The molecular weight excluding hydrogens is 214 g/mol. The van der Waals surface area contributed by atoms with E-state index in [1.54, 1.807) is 19.2 Å². The van der Waals surface area contributed by atoms with E-state index in [4.69, 9.17) is 4.74 Å². The van der Waals surface area contributed by atoms with Crippen molar-refractivity contribution in [3.05, 3.63) is 23.8 Å². The molecule has 0 saturated heterocycles. The summed E-state index contributed by atoms with van der Waals surface area (Å²) in [5, 5.41) is 9.72. The summed E-state index contributed by atoms with van der Waals surface area (Å²) in [7, 11) is 3.66. The van der Waals surface area contributed by atoms with Crippen molar-refractivity contribution in [1.29, 1.82) is 0 Å². The lowest BCUT2D eigenvalue weighted by atomic mass is 9.99. The molecule has 0 unspecified atom stereocenters. The molecule has 0 atom stereocenters. The van der Waals surface area contributed by atoms with Crippen LogP contribution < -0.4 is 4.74 Å². The first-order valence-corrected chi connectivity index (χ1v) is 5.98. The number of phenols is 1. The van der Waals surface area contributed by atoms with Gasteiger partial charge in [-0.1, -0.05) is 13.0 Å². The molecular formula is C14H23NO2. The van der Waals surface area contributed by atoms with E-state index in [-0.39, 0.29) is 11.3 Å². The lowest BCUT2D eigenvalue weighted by Crippen LogP contribution is -2.39. The van der Waals surface area contributed by atoms with Crippen molar-refractivity contribution in [1.82, 2.24) is 4.90 Å². The highest BCUT2D eigenvalue weighted by molar-refractivity contribution is 5.41. The molecule has 0 bridgehead atoms. The monoisotopic (exact) mass is 237 g/mol. The van der Waals surface area contributed by atoms with Gasteiger partial charge in [0.2, 0.25) is 0 Å². The topological polar surface area (TPSA) is 32.7 Å². The minimum absolute atomic E-state index is 0.162. The van der Waals surface area contributed by atoms with Crippen LogP contribution in [-0.4, -0.2) is 29.7 Å². The third-order valence-electron chi connectivity index (χ3n) is 3.56. The number of aromatic hydroxyl groups is 1. The molecule has 0 saturated carbocycles. The minimum Gasteiger partial charge on any atom is -0.504 e. The van der Waals surface area contributed by atoms with E-state index < -0.39 is 0 Å². The van der Waals surface area contributed by atoms with E-state index in [2.05, 4.69) is 32.7 Å². The van der Waals surface area contributed by atoms with Crippen LogP contribution in [0.15, 0.2) is 18.2 Å². The van der Waals surface area contributed by atoms with Gasteiger partial charge in [-0.25, -0.2) is 0 Å². The molecule has 0 radical (unpaired) electrons. The summed E-state index contributed by atoms with van der Waals surface area (Å²) in [5.74, 6) is 0.721. The van der Waals surface area contributed by atoms with Crippen LogP contribution in [-0.2, 0) is 6.54 Å². The van der Waals surface area contributed by atoms with Gasteiger partial charge in [0, 0.05) is 12.1 Å². The molecule has 0 aliphatic rings. The summed E-state index contributed by atoms with van der Waals surface area (Å²) in [6.07, 6.45) is 1.09. The summed E-state index contributed by atoms with van der Waals surface area (Å²) in [6, 6.07) is 5.55. The summed E-state index contributed by atoms with van der Waals surface area (Å²) in [4.78, 5) is 2.29. The van der Waals surface area contributed by atoms with Crippen LogP contribution in [0.4, 0.5) is 0 Å². The van der Waals surface area contributed by atoms with Gasteiger partial charge < -0.3 is 9.84 Å². The zero-order valence-electron chi connectivity index (χ0n) is 11.4. The van der Waals surface area contributed by atoms with E-state index in [1.807, 2.05) is 6.07 Å². The van der Waals surface area contributed by atoms with Crippen molar-refractivity contribution in [3.8, 4) is 11.5 Å². The number of nitrogens with zero attached hydrogens (tertiary/aromatic N) is 1. The van der Waals surface area contributed by atoms with Gasteiger partial charge >= 0.3 is 0 Å². The maximum atomic E-state index is 9.72. The molecule has 0 aromatic heterocycles. The largest absolute Gasteiger partial charge is 0.504 e. The molecule has 0 spiro atoms. The smallest absolute Gasteiger partial charge is 0.160 e. The number of ether oxygens (including phenoxy) is 1. The zero-order valence-corrected chi connectivity index (χ0v) is 11.4. The first kappa shape index (κ1) is 13.8. The number of methoxy groups -OCH3 is 1. The molecule has 1 rings (SSSR count). The Bertz CT molecular complexity index is 374. The fraction of sp³-hybridized carbons (Fsp3) is 0.571. The molecule has 0 fully saturated rings. The van der Waals surface area contributed by atoms with Gasteiger partial charge in [0.15, 0.2) is 11.5 Å². The predicted molar refractivity (Wildman–Crippen MR) is 70.5 cm³/mol. The van der Waals surface area contributed by atoms with E-state index in [0.29, 0.717) is 5.75 Å². The third kappa shape index (κ3) is 3.37. The van der Waals surface area contributed by atoms with Crippen molar-refractivity contribution in [2.45, 2.75) is 39.3 Å². The van der Waals surface area contributed by atoms with Gasteiger partial charge in [-0.3, -0.25) is 4.90 Å². The highest BCUT2D eigenvalue weighted by atomic mass is 16.5. The van der Waals surface area contributed by atoms with Crippen LogP contribution in [0.1, 0.15) is 32.8 Å². The molecule has 0 amide bonds. The quantitative estimate of drug-likeness (QED) is 0.854. The zero-order chi connectivity index (χ0) is 13.1. The van der Waals surface area contributed by atoms with E-state index >= 15 is 0 Å². The Kier molecular flexibility index (Phi) is 4.40. The van der Waals surface area contributed by atoms with Crippen LogP contribution >= 0.6 is 0 Å². The predicted octanol–water partition coefficient (Wildman–Crippen LogP) is 3.02. The van der Waals surface area contributed by atoms with Crippen LogP contribution in [0.5, 0.6) is 11.5 Å². The number of phenolic OH excluding ortho intramolecular Hbond substituents is 1. The van der Waals surface area contributed by atoms with Gasteiger partial charge in [0.25, 0.3) is 0 Å². The van der Waals surface area contributed by atoms with Gasteiger partial charge in [-0.15, -0.1) is 0 Å². The number of rotatable bonds is 5. The molecule has 0 aliphatic carbocycles. The molecule has 1 aromatic carbocycles. The number of benzene rings is 1. The molecule has 3 heteroatoms. The molecule has 17 heavy (non-hydrogen) atoms. The Labute approximate surface area is 104 Å². The van der Waals surface area contributed by atoms with Crippen LogP contribution in [0.3, 0.4) is 0 Å². The van der Waals surface area contributed by atoms with Crippen molar-refractivity contribution < 1.29 is 9.84 Å². The highest BCUT2D eigenvalue weighted by Crippen LogP contribution is 2.28. The maximum Gasteiger partial charge on any atom is 0.160 e. The fourth-order valence-electron chi connectivity index (χ4n) is 1.59. The number of hydrogen-bond acceptors (Lipinski definition) is 3. The Balaban J connectivity index is 2.79. The lowest BCUT2D eigenvalue weighted by molar-refractivity contribution is 0.143. The molecule has 0 heterocycles. The number of hydrogen-bond donors (Lipinski definition) is 1. The van der Waals surface area contributed by atoms with Crippen molar-refractivity contribution >= 4 is 0 Å². The van der Waals surface area contributed by atoms with Crippen molar-refractivity contribution in [3.63, 3.8) is 0 Å². The second-order valence-electron chi connectivity index (χ2n) is 5.03. The summed E-state index contributed by atoms with van der Waals surface area (Å²) >= 11 is 0. The van der Waals surface area contributed by atoms with Gasteiger partial charge in [0.05, 0.1) is 7.11 Å². The highest BCUT2D eigenvalue weighted by Gasteiger charge is 2.21. The average molecular weight is 237 g/mol. The standard InChI is InChI=1S/C14H23NO2/c1-6-14(2,3)15(4)10-11-7-8-13(17-5)12(16)9-11/h7-9,16H,6,10H2,1-5H3. The summed E-state index contributed by atoms with van der Waals surface area (Å²) in [6.45, 7) is 7.44. The van der Waals surface area contributed by atoms with E-state index in [1.165, 1.54) is 0 Å². The Morgan fingerprint density at radius 1 is 1.35 bits per heavy atom. The second-order valence-corrected chi connectivity index (χ2v) is 5.03. The summed E-state index contributed by atoms with van der Waals surface area (Å²) < 4.78 is 5.03. The third-order valence-corrected chi connectivity index (χ3v) is 3.56.